The second-order valence-corrected chi connectivity index (χ2v) is 9.03. The van der Waals surface area contributed by atoms with Gasteiger partial charge >= 0.3 is 12.6 Å². The highest BCUT2D eigenvalue weighted by Crippen LogP contribution is 2.37. The minimum absolute atomic E-state index is 0.160. The summed E-state index contributed by atoms with van der Waals surface area (Å²) in [6.45, 7) is 7.40. The number of alkyl halides is 4. The second kappa shape index (κ2) is 6.00. The molecule has 10 heteroatoms. The molecule has 0 aliphatic carbocycles. The smallest absolute Gasteiger partial charge is 0.399 e. The quantitative estimate of drug-likeness (QED) is 0.548. The van der Waals surface area contributed by atoms with Crippen LogP contribution in [0.3, 0.4) is 0 Å². The van der Waals surface area contributed by atoms with Gasteiger partial charge in [0.2, 0.25) is 0 Å². The zero-order valence-corrected chi connectivity index (χ0v) is 16.0. The van der Waals surface area contributed by atoms with Crippen molar-refractivity contribution in [1.29, 1.82) is 0 Å². The van der Waals surface area contributed by atoms with E-state index in [9.17, 15) is 21.6 Å². The molecule has 0 aromatic heterocycles. The molecule has 0 radical (unpaired) electrons. The van der Waals surface area contributed by atoms with Crippen LogP contribution in [0.2, 0.25) is 0 Å². The Morgan fingerprint density at radius 2 is 1.62 bits per heavy atom. The number of sulfone groups is 1. The first-order chi connectivity index (χ1) is 10.7. The molecule has 2 rings (SSSR count). The van der Waals surface area contributed by atoms with E-state index in [0.29, 0.717) is 11.0 Å². The summed E-state index contributed by atoms with van der Waals surface area (Å²) in [5.74, 6) is 0. The molecule has 0 amide bonds. The van der Waals surface area contributed by atoms with Gasteiger partial charge in [-0.05, 0) is 50.9 Å². The standard InChI is InChI=1S/C14H17BBrF3O4S/c1-12(2)13(3,4)23-15(22-12)11-6-5-10(7-9(11)8-16)24(20,21)14(17,18)19/h5-7H,8H2,1-4H3. The molecule has 0 atom stereocenters. The molecule has 1 aromatic carbocycles. The fourth-order valence-electron chi connectivity index (χ4n) is 2.20. The van der Waals surface area contributed by atoms with Crippen molar-refractivity contribution in [2.75, 3.05) is 0 Å². The van der Waals surface area contributed by atoms with Crippen molar-refractivity contribution in [2.45, 2.75) is 54.6 Å². The number of benzene rings is 1. The monoisotopic (exact) mass is 428 g/mol. The Labute approximate surface area is 147 Å². The summed E-state index contributed by atoms with van der Waals surface area (Å²) in [6.07, 6.45) is 0. The highest BCUT2D eigenvalue weighted by Gasteiger charge is 2.52. The molecule has 0 bridgehead atoms. The molecule has 1 heterocycles. The van der Waals surface area contributed by atoms with Gasteiger partial charge in [0.15, 0.2) is 0 Å². The Bertz CT molecular complexity index is 731. The fourth-order valence-corrected chi connectivity index (χ4v) is 3.50. The SMILES string of the molecule is CC1(C)OB(c2ccc(S(=O)(=O)C(F)(F)F)cc2CBr)OC1(C)C. The third-order valence-electron chi connectivity index (χ3n) is 4.38. The molecule has 1 aromatic rings. The molecule has 24 heavy (non-hydrogen) atoms. The molecule has 0 N–H and O–H groups in total. The van der Waals surface area contributed by atoms with Gasteiger partial charge in [-0.15, -0.1) is 0 Å². The van der Waals surface area contributed by atoms with Crippen LogP contribution in [-0.2, 0) is 24.5 Å². The maximum absolute atomic E-state index is 12.7. The third-order valence-corrected chi connectivity index (χ3v) is 6.47. The number of hydrogen-bond acceptors (Lipinski definition) is 4. The van der Waals surface area contributed by atoms with Crippen molar-refractivity contribution >= 4 is 38.3 Å². The lowest BCUT2D eigenvalue weighted by Crippen LogP contribution is -2.41. The summed E-state index contributed by atoms with van der Waals surface area (Å²) in [4.78, 5) is -0.801. The summed E-state index contributed by atoms with van der Waals surface area (Å²) in [5, 5.41) is 0.160. The molecule has 1 saturated heterocycles. The lowest BCUT2D eigenvalue weighted by atomic mass is 9.76. The topological polar surface area (TPSA) is 52.6 Å². The van der Waals surface area contributed by atoms with Crippen LogP contribution in [0, 0.1) is 0 Å². The van der Waals surface area contributed by atoms with E-state index in [1.54, 1.807) is 0 Å². The van der Waals surface area contributed by atoms with Crippen LogP contribution in [0.5, 0.6) is 0 Å². The molecular formula is C14H17BBrF3O4S. The molecule has 0 saturated carbocycles. The maximum Gasteiger partial charge on any atom is 0.501 e. The average Bonchev–Trinajstić information content (AvgIpc) is 2.65. The van der Waals surface area contributed by atoms with Gasteiger partial charge in [0.25, 0.3) is 9.84 Å². The van der Waals surface area contributed by atoms with Crippen molar-refractivity contribution < 1.29 is 30.9 Å². The van der Waals surface area contributed by atoms with Crippen LogP contribution >= 0.6 is 15.9 Å². The maximum atomic E-state index is 12.7. The van der Waals surface area contributed by atoms with Crippen molar-refractivity contribution in [1.82, 2.24) is 0 Å². The summed E-state index contributed by atoms with van der Waals surface area (Å²) in [7, 11) is -6.18. The van der Waals surface area contributed by atoms with Crippen molar-refractivity contribution in [3.8, 4) is 0 Å². The van der Waals surface area contributed by atoms with Crippen LogP contribution in [-0.4, -0.2) is 32.2 Å². The predicted octanol–water partition coefficient (Wildman–Crippen LogP) is 3.17. The van der Waals surface area contributed by atoms with Crippen LogP contribution in [0.15, 0.2) is 23.1 Å². The highest BCUT2D eigenvalue weighted by molar-refractivity contribution is 9.08. The van der Waals surface area contributed by atoms with Gasteiger partial charge in [0, 0.05) is 5.33 Å². The summed E-state index contributed by atoms with van der Waals surface area (Å²) in [5.41, 5.74) is -5.72. The molecule has 1 aliphatic rings. The third kappa shape index (κ3) is 3.25. The normalized spacial score (nSPS) is 20.4. The van der Waals surface area contributed by atoms with E-state index in [4.69, 9.17) is 9.31 Å². The molecule has 0 spiro atoms. The first-order valence-corrected chi connectivity index (χ1v) is 9.69. The zero-order chi connectivity index (χ0) is 18.6. The number of halogens is 4. The Hall–Kier alpha value is -0.575. The number of hydrogen-bond donors (Lipinski definition) is 0. The first kappa shape index (κ1) is 19.7. The Kier molecular flexibility index (Phi) is 4.94. The van der Waals surface area contributed by atoms with Crippen molar-refractivity contribution in [2.24, 2.45) is 0 Å². The Morgan fingerprint density at radius 3 is 2.04 bits per heavy atom. The minimum atomic E-state index is -5.40. The second-order valence-electron chi connectivity index (χ2n) is 6.53. The lowest BCUT2D eigenvalue weighted by Gasteiger charge is -2.32. The highest BCUT2D eigenvalue weighted by atomic mass is 79.9. The van der Waals surface area contributed by atoms with Gasteiger partial charge in [-0.3, -0.25) is 0 Å². The fraction of sp³-hybridized carbons (Fsp3) is 0.571. The molecule has 1 aliphatic heterocycles. The van der Waals surface area contributed by atoms with Crippen LogP contribution < -0.4 is 5.46 Å². The average molecular weight is 429 g/mol. The van der Waals surface area contributed by atoms with E-state index in [1.165, 1.54) is 6.07 Å². The Morgan fingerprint density at radius 1 is 1.12 bits per heavy atom. The zero-order valence-electron chi connectivity index (χ0n) is 13.6. The summed E-state index contributed by atoms with van der Waals surface area (Å²) >= 11 is 3.18. The van der Waals surface area contributed by atoms with Gasteiger partial charge in [-0.25, -0.2) is 8.42 Å². The van der Waals surface area contributed by atoms with Crippen molar-refractivity contribution in [3.05, 3.63) is 23.8 Å². The van der Waals surface area contributed by atoms with Crippen LogP contribution in [0.1, 0.15) is 33.3 Å². The predicted molar refractivity (Wildman–Crippen MR) is 88.0 cm³/mol. The summed E-state index contributed by atoms with van der Waals surface area (Å²) < 4.78 is 73.0. The van der Waals surface area contributed by atoms with Gasteiger partial charge in [-0.2, -0.15) is 13.2 Å². The van der Waals surface area contributed by atoms with E-state index < -0.39 is 38.6 Å². The van der Waals surface area contributed by atoms with E-state index >= 15 is 0 Å². The Balaban J connectivity index is 2.46. The minimum Gasteiger partial charge on any atom is -0.399 e. The van der Waals surface area contributed by atoms with Gasteiger partial charge in [-0.1, -0.05) is 22.0 Å². The molecular weight excluding hydrogens is 412 g/mol. The lowest BCUT2D eigenvalue weighted by molar-refractivity contribution is -0.0436. The molecule has 4 nitrogen and oxygen atoms in total. The van der Waals surface area contributed by atoms with Crippen molar-refractivity contribution in [3.63, 3.8) is 0 Å². The molecule has 1 fully saturated rings. The largest absolute Gasteiger partial charge is 0.501 e. The van der Waals surface area contributed by atoms with E-state index in [-0.39, 0.29) is 5.33 Å². The van der Waals surface area contributed by atoms with Gasteiger partial charge in [0.05, 0.1) is 16.1 Å². The molecule has 134 valence electrons. The number of rotatable bonds is 3. The van der Waals surface area contributed by atoms with Gasteiger partial charge < -0.3 is 9.31 Å². The van der Waals surface area contributed by atoms with E-state index in [1.807, 2.05) is 27.7 Å². The van der Waals surface area contributed by atoms with E-state index in [2.05, 4.69) is 15.9 Å². The molecule has 0 unspecified atom stereocenters. The van der Waals surface area contributed by atoms with Gasteiger partial charge in [0.1, 0.15) is 0 Å². The first-order valence-electron chi connectivity index (χ1n) is 7.09. The summed E-state index contributed by atoms with van der Waals surface area (Å²) in [6, 6.07) is 3.23. The van der Waals surface area contributed by atoms with Crippen LogP contribution in [0.4, 0.5) is 13.2 Å². The van der Waals surface area contributed by atoms with E-state index in [0.717, 1.165) is 12.1 Å². The van der Waals surface area contributed by atoms with Crippen LogP contribution in [0.25, 0.3) is 0 Å².